The first-order valence-electron chi connectivity index (χ1n) is 4.76. The maximum absolute atomic E-state index is 11.8. The van der Waals surface area contributed by atoms with Gasteiger partial charge in [0.05, 0.1) is 6.10 Å². The summed E-state index contributed by atoms with van der Waals surface area (Å²) in [7, 11) is -3.23. The van der Waals surface area contributed by atoms with Crippen LogP contribution in [0.25, 0.3) is 0 Å². The lowest BCUT2D eigenvalue weighted by Gasteiger charge is -2.26. The molecule has 1 unspecified atom stereocenters. The predicted molar refractivity (Wildman–Crippen MR) is 62.2 cm³/mol. The summed E-state index contributed by atoms with van der Waals surface area (Å²) in [6.45, 7) is 14.4. The molecule has 13 heavy (non-hydrogen) atoms. The second-order valence-corrected chi connectivity index (χ2v) is 14.9. The average Bonchev–Trinajstić information content (AvgIpc) is 1.79. The van der Waals surface area contributed by atoms with Crippen molar-refractivity contribution in [2.75, 3.05) is 0 Å². The van der Waals surface area contributed by atoms with Crippen LogP contribution in [0.15, 0.2) is 0 Å². The highest BCUT2D eigenvalue weighted by Crippen LogP contribution is 2.13. The zero-order valence-electron chi connectivity index (χ0n) is 9.89. The molecule has 1 atom stereocenters. The highest BCUT2D eigenvalue weighted by Gasteiger charge is 2.31. The topological polar surface area (TPSA) is 26.3 Å². The van der Waals surface area contributed by atoms with Gasteiger partial charge in [0.2, 0.25) is 0 Å². The van der Waals surface area contributed by atoms with Crippen molar-refractivity contribution in [1.82, 2.24) is 0 Å². The molecule has 0 amide bonds. The van der Waals surface area contributed by atoms with E-state index in [9.17, 15) is 4.79 Å². The van der Waals surface area contributed by atoms with E-state index in [2.05, 4.69) is 39.3 Å². The molecule has 0 bridgehead atoms. The monoisotopic (exact) mass is 218 g/mol. The molecule has 2 nitrogen and oxygen atoms in total. The first kappa shape index (κ1) is 13.1. The van der Waals surface area contributed by atoms with Gasteiger partial charge in [-0.25, -0.2) is 0 Å². The Kier molecular flexibility index (Phi) is 4.08. The standard InChI is InChI=1S/C9H22O2Si2/c1-8(11-13(5,6)7)9(10)12(2,3)4/h8H,1-7H3. The SMILES string of the molecule is CC(O[Si](C)(C)C)C(=O)[Si](C)(C)C. The van der Waals surface area contributed by atoms with Gasteiger partial charge < -0.3 is 9.22 Å². The van der Waals surface area contributed by atoms with Gasteiger partial charge >= 0.3 is 0 Å². The summed E-state index contributed by atoms with van der Waals surface area (Å²) in [6.07, 6.45) is -0.196. The van der Waals surface area contributed by atoms with Gasteiger partial charge in [0.15, 0.2) is 8.32 Å². The molecule has 0 saturated heterocycles. The number of rotatable bonds is 4. The molecule has 0 radical (unpaired) electrons. The van der Waals surface area contributed by atoms with Gasteiger partial charge in [-0.2, -0.15) is 0 Å². The van der Waals surface area contributed by atoms with E-state index < -0.39 is 16.4 Å². The number of hydrogen-bond acceptors (Lipinski definition) is 2. The molecule has 0 spiro atoms. The quantitative estimate of drug-likeness (QED) is 0.678. The first-order valence-corrected chi connectivity index (χ1v) is 11.7. The molecule has 0 aliphatic heterocycles. The van der Waals surface area contributed by atoms with Crippen molar-refractivity contribution in [3.05, 3.63) is 0 Å². The fraction of sp³-hybridized carbons (Fsp3) is 0.889. The molecule has 0 N–H and O–H groups in total. The minimum Gasteiger partial charge on any atom is -0.408 e. The summed E-state index contributed by atoms with van der Waals surface area (Å²) >= 11 is 0. The van der Waals surface area contributed by atoms with Crippen LogP contribution in [-0.4, -0.2) is 27.9 Å². The van der Waals surface area contributed by atoms with E-state index in [-0.39, 0.29) is 6.10 Å². The minimum absolute atomic E-state index is 0.196. The third-order valence-corrected chi connectivity index (χ3v) is 4.58. The number of hydrogen-bond donors (Lipinski definition) is 0. The second-order valence-electron chi connectivity index (χ2n) is 5.49. The van der Waals surface area contributed by atoms with Crippen LogP contribution in [0.1, 0.15) is 6.92 Å². The van der Waals surface area contributed by atoms with Crippen LogP contribution in [0.4, 0.5) is 0 Å². The zero-order valence-corrected chi connectivity index (χ0v) is 11.9. The Balaban J connectivity index is 4.30. The van der Waals surface area contributed by atoms with E-state index in [1.807, 2.05) is 6.92 Å². The Labute approximate surface area is 83.8 Å². The van der Waals surface area contributed by atoms with Crippen LogP contribution in [0.2, 0.25) is 39.3 Å². The van der Waals surface area contributed by atoms with Gasteiger partial charge in [-0.15, -0.1) is 0 Å². The Morgan fingerprint density at radius 2 is 1.46 bits per heavy atom. The number of carbonyl (C=O) groups is 1. The Morgan fingerprint density at radius 1 is 1.08 bits per heavy atom. The van der Waals surface area contributed by atoms with Crippen LogP contribution in [0, 0.1) is 0 Å². The lowest BCUT2D eigenvalue weighted by Crippen LogP contribution is -2.45. The van der Waals surface area contributed by atoms with Crippen LogP contribution < -0.4 is 0 Å². The third kappa shape index (κ3) is 5.38. The van der Waals surface area contributed by atoms with Gasteiger partial charge in [0.1, 0.15) is 13.5 Å². The molecule has 0 fully saturated rings. The summed E-state index contributed by atoms with van der Waals surface area (Å²) in [5, 5.41) is 0.329. The molecule has 0 aliphatic carbocycles. The van der Waals surface area contributed by atoms with E-state index >= 15 is 0 Å². The zero-order chi connectivity index (χ0) is 10.9. The number of carbonyl (C=O) groups excluding carboxylic acids is 1. The van der Waals surface area contributed by atoms with Crippen LogP contribution in [0.3, 0.4) is 0 Å². The molecule has 78 valence electrons. The van der Waals surface area contributed by atoms with Gasteiger partial charge in [-0.3, -0.25) is 0 Å². The highest BCUT2D eigenvalue weighted by atomic mass is 28.4. The van der Waals surface area contributed by atoms with Gasteiger partial charge in [0.25, 0.3) is 0 Å². The summed E-state index contributed by atoms with van der Waals surface area (Å²) in [4.78, 5) is 11.8. The van der Waals surface area contributed by atoms with Crippen molar-refractivity contribution in [2.45, 2.75) is 52.3 Å². The van der Waals surface area contributed by atoms with Gasteiger partial charge in [-0.05, 0) is 26.6 Å². The third-order valence-electron chi connectivity index (χ3n) is 1.64. The molecule has 0 aromatic heterocycles. The largest absolute Gasteiger partial charge is 0.408 e. The van der Waals surface area contributed by atoms with E-state index in [0.29, 0.717) is 5.41 Å². The molecule has 0 saturated carbocycles. The Bertz CT molecular complexity index is 189. The lowest BCUT2D eigenvalue weighted by molar-refractivity contribution is -0.118. The van der Waals surface area contributed by atoms with Gasteiger partial charge in [-0.1, -0.05) is 19.6 Å². The second kappa shape index (κ2) is 4.06. The van der Waals surface area contributed by atoms with Crippen molar-refractivity contribution in [1.29, 1.82) is 0 Å². The van der Waals surface area contributed by atoms with E-state index in [1.165, 1.54) is 0 Å². The molecule has 0 heterocycles. The molecule has 0 rings (SSSR count). The molecular formula is C9H22O2Si2. The van der Waals surface area contributed by atoms with Crippen molar-refractivity contribution in [3.63, 3.8) is 0 Å². The molecule has 4 heteroatoms. The van der Waals surface area contributed by atoms with Crippen LogP contribution in [-0.2, 0) is 9.22 Å². The fourth-order valence-electron chi connectivity index (χ4n) is 1.19. The summed E-state index contributed by atoms with van der Waals surface area (Å²) < 4.78 is 5.75. The molecule has 0 aromatic carbocycles. The van der Waals surface area contributed by atoms with Crippen LogP contribution >= 0.6 is 0 Å². The maximum atomic E-state index is 11.8. The highest BCUT2D eigenvalue weighted by molar-refractivity contribution is 7.04. The average molecular weight is 218 g/mol. The lowest BCUT2D eigenvalue weighted by atomic mass is 10.5. The van der Waals surface area contributed by atoms with Crippen molar-refractivity contribution < 1.29 is 9.22 Å². The Hall–Kier alpha value is 0.0638. The van der Waals surface area contributed by atoms with Crippen molar-refractivity contribution in [2.24, 2.45) is 0 Å². The van der Waals surface area contributed by atoms with Crippen molar-refractivity contribution in [3.8, 4) is 0 Å². The first-order chi connectivity index (χ1) is 5.54. The van der Waals surface area contributed by atoms with E-state index in [0.717, 1.165) is 0 Å². The van der Waals surface area contributed by atoms with Crippen LogP contribution in [0.5, 0.6) is 0 Å². The van der Waals surface area contributed by atoms with Crippen molar-refractivity contribution >= 4 is 21.8 Å². The summed E-state index contributed by atoms with van der Waals surface area (Å²) in [6, 6.07) is 0. The van der Waals surface area contributed by atoms with Gasteiger partial charge in [0, 0.05) is 0 Å². The smallest absolute Gasteiger partial charge is 0.184 e. The van der Waals surface area contributed by atoms with E-state index in [1.54, 1.807) is 0 Å². The molecule has 0 aliphatic rings. The van der Waals surface area contributed by atoms with E-state index in [4.69, 9.17) is 4.43 Å². The summed E-state index contributed by atoms with van der Waals surface area (Å²) in [5.74, 6) is 0. The Morgan fingerprint density at radius 3 is 1.69 bits per heavy atom. The molecule has 0 aromatic rings. The summed E-state index contributed by atoms with van der Waals surface area (Å²) in [5.41, 5.74) is 0. The fourth-order valence-corrected chi connectivity index (χ4v) is 3.76. The minimum atomic E-state index is -1.67. The normalized spacial score (nSPS) is 15.6. The predicted octanol–water partition coefficient (Wildman–Crippen LogP) is 2.67. The molecular weight excluding hydrogens is 196 g/mol. The maximum Gasteiger partial charge on any atom is 0.184 e.